The molecule has 6 aliphatic heterocycles. The van der Waals surface area contributed by atoms with Crippen LogP contribution in [0, 0.1) is 61.8 Å². The van der Waals surface area contributed by atoms with Crippen molar-refractivity contribution in [1.82, 2.24) is 0 Å². The van der Waals surface area contributed by atoms with Crippen molar-refractivity contribution in [3.63, 3.8) is 0 Å². The fourth-order valence-corrected chi connectivity index (χ4v) is 17.3. The predicted molar refractivity (Wildman–Crippen MR) is 392 cm³/mol. The van der Waals surface area contributed by atoms with Crippen LogP contribution in [0.25, 0.3) is 0 Å². The van der Waals surface area contributed by atoms with Crippen LogP contribution < -0.4 is 0 Å². The molecule has 0 aromatic heterocycles. The summed E-state index contributed by atoms with van der Waals surface area (Å²) in [7, 11) is 12.5. The number of aliphatic hydroxyl groups excluding tert-OH is 2. The molecular formula is C80H124AcO31. The summed E-state index contributed by atoms with van der Waals surface area (Å²) >= 11 is 0. The Hall–Kier alpha value is -4.28. The molecule has 6 heterocycles. The standard InChI is InChI=1S/C13H20O4.C13H20O3.C12H18O5.C11H18O5.C11H16O4.2C10H16O5.Ac/c1-8(2)9-5-10-12(3,17-10)13(15,6-9)7-11(14)16-4;1-9(2)11-6-5-10(3)13(15,7-11)8-12(14)16-4;1-7(13)8-4-9-11(2,17-9)12(15,5-8)6-10(14)16-3;1-10-8(16-10)4-7(14-2)5-11(10,13)6-9(12)15-3;1-11-7(5-10(12)14-3)4-8(13-2)6-9(11)15-11;2*1-9-7(15-9)3-6(11)4-10(9,13)5-8(12)14-2;/h9-10,15H,1,5-7H2,2-4H3;5,11,15H,1,6-8H2,2-4H3;8-9,15H,4-6H2,1-3H3;7-8,13H,4-6H2,1-3H3;5,8-9H,4,6H2,1-3H3;2*6-7,11,13H,3-5H2,1-2H3;/b;;;;7-5+;;;/t9-,10?,12+,13+;11-,13+;8-,9?,11+,12+;7?,8?,10-,11-;8?,9?,11-;2*6?,7?,9-,10-;/m0001011./s1. The number of methoxy groups -OCH3 is 9. The molecule has 31 nitrogen and oxygen atoms in total. The number of rotatable bonds is 18. The van der Waals surface area contributed by atoms with E-state index in [0.717, 1.165) is 54.4 Å². The minimum atomic E-state index is -1.30. The van der Waals surface area contributed by atoms with Gasteiger partial charge >= 0.3 is 41.8 Å². The molecule has 633 valence electrons. The first kappa shape index (κ1) is 96.6. The molecule has 13 aliphatic rings. The number of ether oxygens (including phenoxy) is 15. The summed E-state index contributed by atoms with van der Waals surface area (Å²) < 4.78 is 75.7. The van der Waals surface area contributed by atoms with E-state index in [1.165, 1.54) is 62.8 Å². The fourth-order valence-electron chi connectivity index (χ4n) is 17.3. The SMILES string of the molecule is C=C(C)[C@H]1CC2O[C@@]2(C)[C@](O)(CC(=O)OC)C1.C=C(C)[C@H]1CC=C(C)[C@](O)(CC(=O)OC)C1.COC(=O)/C=C1\CC(OC)CC2O[C@@]12C.COC(=O)C[C@]1(O)CC(O)CC2O[C@]21C.COC(=O)C[C@]1(O)CC(O)CC2O[C@]21C.COC(=O)C[C@]1(O)CC(OC)CC2O[C@]21C.COC(=O)C[C@]1(O)C[C@@H](C(C)=O)CC2O[C@]21C.[Ac]. The topological polar surface area (TPSA) is 457 Å². The van der Waals surface area contributed by atoms with E-state index in [0.29, 0.717) is 38.5 Å². The maximum absolute atomic E-state index is 11.4. The van der Waals surface area contributed by atoms with Gasteiger partial charge in [0.15, 0.2) is 0 Å². The number of fused-ring (bicyclic) bond motifs is 6. The number of Topliss-reactive ketones (excluding diaryl/α,β-unsaturated/α-hetero) is 1. The van der Waals surface area contributed by atoms with Gasteiger partial charge in [-0.15, -0.1) is 0 Å². The Kier molecular flexibility index (Phi) is 31.8. The van der Waals surface area contributed by atoms with Crippen LogP contribution in [-0.4, -0.2) is 281 Å². The quantitative estimate of drug-likeness (QED) is 0.0306. The molecule has 13 rings (SSSR count). The van der Waals surface area contributed by atoms with Crippen molar-refractivity contribution in [2.75, 3.05) is 64.0 Å². The molecule has 6 saturated carbocycles. The van der Waals surface area contributed by atoms with Crippen LogP contribution >= 0.6 is 0 Å². The maximum Gasteiger partial charge on any atom is 0.330 e. The summed E-state index contributed by atoms with van der Waals surface area (Å²) in [5, 5.41) is 82.0. The average molecular weight is 1810 g/mol. The van der Waals surface area contributed by atoms with Crippen LogP contribution in [0.15, 0.2) is 47.6 Å². The number of aliphatic hydroxyl groups is 8. The van der Waals surface area contributed by atoms with Crippen LogP contribution in [0.5, 0.6) is 0 Å². The van der Waals surface area contributed by atoms with Crippen molar-refractivity contribution in [3.05, 3.63) is 47.6 Å². The zero-order chi connectivity index (χ0) is 83.6. The Bertz CT molecular complexity index is 3380. The van der Waals surface area contributed by atoms with Crippen molar-refractivity contribution in [3.8, 4) is 0 Å². The van der Waals surface area contributed by atoms with Crippen LogP contribution in [-0.2, 0) is 109 Å². The molecule has 0 bridgehead atoms. The van der Waals surface area contributed by atoms with Crippen LogP contribution in [0.3, 0.4) is 0 Å². The first-order valence-corrected chi connectivity index (χ1v) is 37.9. The minimum Gasteiger partial charge on any atom is -0.469 e. The molecule has 0 amide bonds. The smallest absolute Gasteiger partial charge is 0.330 e. The number of hydrogen-bond acceptors (Lipinski definition) is 31. The molecule has 0 aromatic rings. The summed E-state index contributed by atoms with van der Waals surface area (Å²) in [4.78, 5) is 90.3. The van der Waals surface area contributed by atoms with Gasteiger partial charge in [-0.25, -0.2) is 4.79 Å². The first-order chi connectivity index (χ1) is 51.4. The number of allylic oxidation sites excluding steroid dienone is 3. The number of carbonyl (C=O) groups is 8. The van der Waals surface area contributed by atoms with Crippen molar-refractivity contribution in [1.29, 1.82) is 0 Å². The van der Waals surface area contributed by atoms with E-state index in [2.05, 4.69) is 46.3 Å². The van der Waals surface area contributed by atoms with E-state index in [9.17, 15) is 79.2 Å². The number of carbonyl (C=O) groups excluding carboxylic acids is 8. The molecular weight excluding hydrogens is 1680 g/mol. The Balaban J connectivity index is 0.000000204. The van der Waals surface area contributed by atoms with Crippen LogP contribution in [0.1, 0.15) is 198 Å². The Morgan fingerprint density at radius 1 is 0.420 bits per heavy atom. The van der Waals surface area contributed by atoms with Gasteiger partial charge in [0.2, 0.25) is 0 Å². The molecule has 0 aromatic carbocycles. The molecule has 112 heavy (non-hydrogen) atoms. The van der Waals surface area contributed by atoms with Crippen molar-refractivity contribution in [2.24, 2.45) is 17.8 Å². The van der Waals surface area contributed by atoms with E-state index < -0.39 is 104 Å². The van der Waals surface area contributed by atoms with E-state index in [1.807, 2.05) is 47.6 Å². The Morgan fingerprint density at radius 3 is 1.09 bits per heavy atom. The predicted octanol–water partition coefficient (Wildman–Crippen LogP) is 4.56. The molecule has 10 unspecified atom stereocenters. The summed E-state index contributed by atoms with van der Waals surface area (Å²) in [6, 6.07) is 0. The minimum absolute atomic E-state index is 0. The van der Waals surface area contributed by atoms with E-state index in [1.54, 1.807) is 35.0 Å². The van der Waals surface area contributed by atoms with Gasteiger partial charge in [0, 0.05) is 115 Å². The molecule has 8 N–H and O–H groups in total. The van der Waals surface area contributed by atoms with Gasteiger partial charge in [-0.3, -0.25) is 33.6 Å². The number of epoxide rings is 6. The van der Waals surface area contributed by atoms with Gasteiger partial charge in [0.1, 0.15) is 67.4 Å². The fraction of sp³-hybridized carbons (Fsp3) is 0.800. The normalized spacial score (nSPS) is 42.5. The van der Waals surface area contributed by atoms with Gasteiger partial charge in [-0.1, -0.05) is 30.4 Å². The van der Waals surface area contributed by atoms with Gasteiger partial charge in [-0.05, 0) is 137 Å². The summed E-state index contributed by atoms with van der Waals surface area (Å²) in [5.74, 6) is -2.70. The maximum atomic E-state index is 11.4. The van der Waals surface area contributed by atoms with Crippen molar-refractivity contribution >= 4 is 47.6 Å². The van der Waals surface area contributed by atoms with Gasteiger partial charge in [0.25, 0.3) is 0 Å². The van der Waals surface area contributed by atoms with Crippen molar-refractivity contribution in [2.45, 2.75) is 326 Å². The number of ketones is 1. The van der Waals surface area contributed by atoms with Gasteiger partial charge in [0.05, 0.1) is 155 Å². The molecule has 25 atom stereocenters. The number of hydrogen-bond donors (Lipinski definition) is 8. The van der Waals surface area contributed by atoms with Gasteiger partial charge < -0.3 is 112 Å². The zero-order valence-corrected chi connectivity index (χ0v) is 73.5. The second-order valence-electron chi connectivity index (χ2n) is 33.6. The van der Waals surface area contributed by atoms with Gasteiger partial charge in [-0.2, -0.15) is 0 Å². The third-order valence-corrected chi connectivity index (χ3v) is 26.3. The third-order valence-electron chi connectivity index (χ3n) is 26.3. The second-order valence-corrected chi connectivity index (χ2v) is 33.6. The second kappa shape index (κ2) is 36.9. The van der Waals surface area contributed by atoms with Crippen molar-refractivity contribution < 1.29 is 194 Å². The summed E-state index contributed by atoms with van der Waals surface area (Å²) in [6.07, 6.45) is 9.76. The largest absolute Gasteiger partial charge is 0.469 e. The van der Waals surface area contributed by atoms with Crippen LogP contribution in [0.2, 0.25) is 0 Å². The molecule has 12 fully saturated rings. The molecule has 0 spiro atoms. The molecule has 1 radical (unpaired) electrons. The van der Waals surface area contributed by atoms with E-state index in [4.69, 9.17) is 37.9 Å². The van der Waals surface area contributed by atoms with E-state index >= 15 is 0 Å². The third kappa shape index (κ3) is 21.2. The summed E-state index contributed by atoms with van der Waals surface area (Å²) in [5.41, 5.74) is -6.89. The van der Waals surface area contributed by atoms with E-state index in [-0.39, 0.29) is 192 Å². The zero-order valence-electron chi connectivity index (χ0n) is 68.8. The number of esters is 7. The molecule has 32 heteroatoms. The Morgan fingerprint density at radius 2 is 0.741 bits per heavy atom. The first-order valence-electron chi connectivity index (χ1n) is 37.9. The monoisotopic (exact) mass is 1810 g/mol. The average Bonchev–Trinajstić information content (AvgIpc) is 1.56. The molecule has 7 aliphatic carbocycles. The summed E-state index contributed by atoms with van der Waals surface area (Å²) in [6.45, 7) is 26.2. The Labute approximate surface area is 692 Å². The van der Waals surface area contributed by atoms with Crippen LogP contribution in [0.4, 0.5) is 0 Å². The molecule has 6 saturated heterocycles.